The highest BCUT2D eigenvalue weighted by Crippen LogP contribution is 2.34. The average molecular weight is 415 g/mol. The molecular weight excluding hydrogens is 392 g/mol. The molecule has 0 N–H and O–H groups in total. The van der Waals surface area contributed by atoms with Crippen molar-refractivity contribution in [3.8, 4) is 5.69 Å². The summed E-state index contributed by atoms with van der Waals surface area (Å²) in [5.74, 6) is 0.770. The van der Waals surface area contributed by atoms with Gasteiger partial charge in [0.25, 0.3) is 5.56 Å². The molecule has 146 valence electrons. The third kappa shape index (κ3) is 3.04. The zero-order valence-electron chi connectivity index (χ0n) is 15.9. The molecule has 0 atom stereocenters. The molecular formula is C21H23ClN4OS. The van der Waals surface area contributed by atoms with Crippen LogP contribution in [0, 0.1) is 0 Å². The second-order valence-corrected chi connectivity index (χ2v) is 9.27. The lowest BCUT2D eigenvalue weighted by Gasteiger charge is -2.29. The first-order valence-corrected chi connectivity index (χ1v) is 11.1. The summed E-state index contributed by atoms with van der Waals surface area (Å²) >= 11 is 7.79. The number of fused-ring (bicyclic) bond motifs is 3. The minimum atomic E-state index is 0.0509. The number of aromatic nitrogens is 2. The van der Waals surface area contributed by atoms with Crippen LogP contribution in [-0.2, 0) is 13.0 Å². The van der Waals surface area contributed by atoms with Gasteiger partial charge in [0, 0.05) is 36.1 Å². The molecule has 1 saturated heterocycles. The Morgan fingerprint density at radius 2 is 1.82 bits per heavy atom. The predicted molar refractivity (Wildman–Crippen MR) is 116 cm³/mol. The molecule has 3 aromatic rings. The van der Waals surface area contributed by atoms with Crippen molar-refractivity contribution in [1.29, 1.82) is 0 Å². The van der Waals surface area contributed by atoms with Gasteiger partial charge in [0.15, 0.2) is 0 Å². The van der Waals surface area contributed by atoms with E-state index in [0.29, 0.717) is 5.02 Å². The fraction of sp³-hybridized carbons (Fsp3) is 0.429. The number of piperidine rings is 1. The third-order valence-electron chi connectivity index (χ3n) is 5.77. The summed E-state index contributed by atoms with van der Waals surface area (Å²) in [4.78, 5) is 25.5. The van der Waals surface area contributed by atoms with Crippen LogP contribution >= 0.6 is 22.9 Å². The van der Waals surface area contributed by atoms with Gasteiger partial charge in [-0.3, -0.25) is 4.79 Å². The molecule has 1 fully saturated rings. The standard InChI is InChI=1S/C21H23ClN4OS/c1-24-12-9-16-17(13-24)28-19-18(16)20(27)26(15-7-5-14(22)6-8-15)21(23-19)25-10-3-2-4-11-25/h5-8H,2-4,9-13H2,1H3. The van der Waals surface area contributed by atoms with Crippen LogP contribution in [0.3, 0.4) is 0 Å². The average Bonchev–Trinajstić information content (AvgIpc) is 3.07. The summed E-state index contributed by atoms with van der Waals surface area (Å²) in [5, 5.41) is 1.48. The first-order chi connectivity index (χ1) is 13.6. The van der Waals surface area contributed by atoms with Crippen molar-refractivity contribution < 1.29 is 0 Å². The Hall–Kier alpha value is -1.89. The number of rotatable bonds is 2. The first kappa shape index (κ1) is 18.2. The molecule has 0 bridgehead atoms. The van der Waals surface area contributed by atoms with Crippen molar-refractivity contribution in [3.05, 3.63) is 50.1 Å². The number of anilines is 1. The minimum Gasteiger partial charge on any atom is -0.342 e. The first-order valence-electron chi connectivity index (χ1n) is 9.88. The summed E-state index contributed by atoms with van der Waals surface area (Å²) in [6.07, 6.45) is 4.43. The van der Waals surface area contributed by atoms with Crippen molar-refractivity contribution >= 4 is 39.1 Å². The lowest BCUT2D eigenvalue weighted by atomic mass is 10.1. The number of hydrogen-bond donors (Lipinski definition) is 0. The quantitative estimate of drug-likeness (QED) is 0.633. The summed E-state index contributed by atoms with van der Waals surface area (Å²) in [6, 6.07) is 7.51. The van der Waals surface area contributed by atoms with Crippen LogP contribution in [0.5, 0.6) is 0 Å². The fourth-order valence-electron chi connectivity index (χ4n) is 4.29. The van der Waals surface area contributed by atoms with Crippen LogP contribution in [-0.4, -0.2) is 41.1 Å². The number of hydrogen-bond acceptors (Lipinski definition) is 5. The van der Waals surface area contributed by atoms with Crippen LogP contribution in [0.2, 0.25) is 5.02 Å². The highest BCUT2D eigenvalue weighted by Gasteiger charge is 2.26. The van der Waals surface area contributed by atoms with Crippen molar-refractivity contribution in [2.75, 3.05) is 31.6 Å². The molecule has 1 aromatic carbocycles. The van der Waals surface area contributed by atoms with Crippen molar-refractivity contribution in [3.63, 3.8) is 0 Å². The molecule has 0 saturated carbocycles. The molecule has 28 heavy (non-hydrogen) atoms. The smallest absolute Gasteiger partial charge is 0.268 e. The van der Waals surface area contributed by atoms with Crippen LogP contribution in [0.1, 0.15) is 29.7 Å². The highest BCUT2D eigenvalue weighted by atomic mass is 35.5. The largest absolute Gasteiger partial charge is 0.342 e. The van der Waals surface area contributed by atoms with E-state index >= 15 is 0 Å². The van der Waals surface area contributed by atoms with E-state index in [0.717, 1.165) is 67.3 Å². The van der Waals surface area contributed by atoms with Crippen molar-refractivity contribution in [2.45, 2.75) is 32.2 Å². The molecule has 2 aliphatic rings. The number of nitrogens with zero attached hydrogens (tertiary/aromatic N) is 4. The molecule has 4 heterocycles. The van der Waals surface area contributed by atoms with Crippen LogP contribution in [0.15, 0.2) is 29.1 Å². The van der Waals surface area contributed by atoms with Gasteiger partial charge in [-0.2, -0.15) is 0 Å². The zero-order valence-corrected chi connectivity index (χ0v) is 17.5. The van der Waals surface area contributed by atoms with Gasteiger partial charge < -0.3 is 9.80 Å². The Morgan fingerprint density at radius 3 is 2.57 bits per heavy atom. The van der Waals surface area contributed by atoms with Gasteiger partial charge in [-0.1, -0.05) is 11.6 Å². The van der Waals surface area contributed by atoms with Crippen LogP contribution in [0.4, 0.5) is 5.95 Å². The molecule has 5 rings (SSSR count). The van der Waals surface area contributed by atoms with E-state index in [2.05, 4.69) is 16.8 Å². The van der Waals surface area contributed by atoms with Gasteiger partial charge >= 0.3 is 0 Å². The van der Waals surface area contributed by atoms with Crippen molar-refractivity contribution in [1.82, 2.24) is 14.5 Å². The van der Waals surface area contributed by atoms with Crippen LogP contribution in [0.25, 0.3) is 15.9 Å². The van der Waals surface area contributed by atoms with Gasteiger partial charge in [-0.25, -0.2) is 9.55 Å². The number of thiophene rings is 1. The Morgan fingerprint density at radius 1 is 1.07 bits per heavy atom. The summed E-state index contributed by atoms with van der Waals surface area (Å²) in [6.45, 7) is 3.77. The lowest BCUT2D eigenvalue weighted by molar-refractivity contribution is 0.318. The molecule has 2 aromatic heterocycles. The molecule has 0 amide bonds. The number of likely N-dealkylation sites (N-methyl/N-ethyl adjacent to an activating group) is 1. The molecule has 0 aliphatic carbocycles. The van der Waals surface area contributed by atoms with E-state index < -0.39 is 0 Å². The third-order valence-corrected chi connectivity index (χ3v) is 7.13. The molecule has 7 heteroatoms. The Kier molecular flexibility index (Phi) is 4.65. The molecule has 0 radical (unpaired) electrons. The van der Waals surface area contributed by atoms with E-state index in [1.807, 2.05) is 24.3 Å². The van der Waals surface area contributed by atoms with E-state index in [-0.39, 0.29) is 5.56 Å². The fourth-order valence-corrected chi connectivity index (χ4v) is 5.70. The summed E-state index contributed by atoms with van der Waals surface area (Å²) in [5.41, 5.74) is 2.08. The van der Waals surface area contributed by atoms with E-state index in [4.69, 9.17) is 16.6 Å². The Balaban J connectivity index is 1.77. The van der Waals surface area contributed by atoms with Gasteiger partial charge in [0.2, 0.25) is 5.95 Å². The van der Waals surface area contributed by atoms with E-state index in [1.54, 1.807) is 15.9 Å². The summed E-state index contributed by atoms with van der Waals surface area (Å²) in [7, 11) is 2.13. The topological polar surface area (TPSA) is 41.4 Å². The van der Waals surface area contributed by atoms with Gasteiger partial charge in [0.05, 0.1) is 11.1 Å². The Bertz CT molecular complexity index is 1080. The predicted octanol–water partition coefficient (Wildman–Crippen LogP) is 4.08. The van der Waals surface area contributed by atoms with E-state index in [9.17, 15) is 4.79 Å². The number of halogens is 1. The van der Waals surface area contributed by atoms with Gasteiger partial charge in [-0.05, 0) is 62.6 Å². The normalized spacial score (nSPS) is 17.9. The monoisotopic (exact) mass is 414 g/mol. The summed E-state index contributed by atoms with van der Waals surface area (Å²) < 4.78 is 1.80. The maximum absolute atomic E-state index is 13.7. The maximum Gasteiger partial charge on any atom is 0.268 e. The molecule has 0 unspecified atom stereocenters. The maximum atomic E-state index is 13.7. The molecule has 0 spiro atoms. The molecule has 2 aliphatic heterocycles. The number of benzene rings is 1. The van der Waals surface area contributed by atoms with Gasteiger partial charge in [-0.15, -0.1) is 11.3 Å². The highest BCUT2D eigenvalue weighted by molar-refractivity contribution is 7.18. The Labute approximate surface area is 173 Å². The van der Waals surface area contributed by atoms with Gasteiger partial charge in [0.1, 0.15) is 4.83 Å². The molecule has 5 nitrogen and oxygen atoms in total. The van der Waals surface area contributed by atoms with Crippen molar-refractivity contribution in [2.24, 2.45) is 0 Å². The van der Waals surface area contributed by atoms with Crippen LogP contribution < -0.4 is 10.5 Å². The minimum absolute atomic E-state index is 0.0509. The lowest BCUT2D eigenvalue weighted by Crippen LogP contribution is -2.36. The SMILES string of the molecule is CN1CCc2c(sc3nc(N4CCCCC4)n(-c4ccc(Cl)cc4)c(=O)c23)C1. The zero-order chi connectivity index (χ0) is 19.3. The van der Waals surface area contributed by atoms with E-state index in [1.165, 1.54) is 16.9 Å². The second kappa shape index (κ2) is 7.17. The second-order valence-electron chi connectivity index (χ2n) is 7.75.